The van der Waals surface area contributed by atoms with E-state index >= 15 is 0 Å². The molecule has 0 saturated heterocycles. The fraction of sp³-hybridized carbons (Fsp3) is 0.625. The van der Waals surface area contributed by atoms with Gasteiger partial charge in [-0.3, -0.25) is 9.59 Å². The highest BCUT2D eigenvalue weighted by Crippen LogP contribution is 2.57. The van der Waals surface area contributed by atoms with Gasteiger partial charge in [-0.05, 0) is 75.8 Å². The predicted octanol–water partition coefficient (Wildman–Crippen LogP) is 3.66. The molecule has 4 N–H and O–H groups in total. The molecule has 3 amide bonds. The summed E-state index contributed by atoms with van der Waals surface area (Å²) in [4.78, 5) is 35.9. The van der Waals surface area contributed by atoms with E-state index < -0.39 is 40.6 Å². The fourth-order valence-electron chi connectivity index (χ4n) is 6.57. The highest BCUT2D eigenvalue weighted by Gasteiger charge is 2.57. The Morgan fingerprint density at radius 2 is 1.80 bits per heavy atom. The summed E-state index contributed by atoms with van der Waals surface area (Å²) >= 11 is 0. The molecule has 4 aliphatic rings. The van der Waals surface area contributed by atoms with Gasteiger partial charge < -0.3 is 25.7 Å². The second-order valence-corrected chi connectivity index (χ2v) is 10.8. The molecule has 0 aromatic carbocycles. The minimum atomic E-state index is -4.78. The van der Waals surface area contributed by atoms with Crippen LogP contribution in [0.25, 0.3) is 6.20 Å². The average molecular weight is 497 g/mol. The maximum atomic E-state index is 14.0. The van der Waals surface area contributed by atoms with E-state index in [4.69, 9.17) is 10.5 Å². The Bertz CT molecular complexity index is 1050. The molecule has 2 atom stereocenters. The monoisotopic (exact) mass is 496 g/mol. The number of hydrogen-bond acceptors (Lipinski definition) is 4. The summed E-state index contributed by atoms with van der Waals surface area (Å²) in [6.07, 6.45) is 1.71. The molecule has 11 heteroatoms. The number of aromatic nitrogens is 1. The molecule has 35 heavy (non-hydrogen) atoms. The number of rotatable bonds is 6. The summed E-state index contributed by atoms with van der Waals surface area (Å²) in [5, 5.41) is 5.51. The number of amides is 3. The first kappa shape index (κ1) is 25.1. The van der Waals surface area contributed by atoms with Crippen LogP contribution in [0.3, 0.4) is 0 Å². The number of nitrogens with one attached hydrogen (secondary N) is 2. The van der Waals surface area contributed by atoms with Gasteiger partial charge in [0.1, 0.15) is 11.3 Å². The van der Waals surface area contributed by atoms with Crippen LogP contribution in [-0.2, 0) is 15.7 Å². The number of nitrogens with two attached hydrogens (primary N) is 1. The van der Waals surface area contributed by atoms with Crippen LogP contribution in [0.5, 0.6) is 0 Å². The molecule has 1 aromatic heterocycles. The van der Waals surface area contributed by atoms with Crippen molar-refractivity contribution in [1.29, 1.82) is 0 Å². The van der Waals surface area contributed by atoms with Crippen molar-refractivity contribution >= 4 is 24.1 Å². The molecule has 0 spiro atoms. The number of nitrogens with zero attached hydrogens (tertiary/aromatic N) is 1. The van der Waals surface area contributed by atoms with E-state index in [-0.39, 0.29) is 23.8 Å². The number of ether oxygens (including phenoxy) is 1. The number of hydrogen-bond donors (Lipinski definition) is 3. The van der Waals surface area contributed by atoms with Gasteiger partial charge in [0.05, 0.1) is 11.1 Å². The first-order valence-electron chi connectivity index (χ1n) is 11.7. The third-order valence-corrected chi connectivity index (χ3v) is 7.41. The Labute approximate surface area is 201 Å². The van der Waals surface area contributed by atoms with Crippen molar-refractivity contribution in [2.24, 2.45) is 23.5 Å². The Morgan fingerprint density at radius 3 is 2.34 bits per heavy atom. The number of carbonyl (C=O) groups excluding carboxylic acids is 3. The van der Waals surface area contributed by atoms with Crippen molar-refractivity contribution in [3.05, 3.63) is 29.6 Å². The zero-order chi connectivity index (χ0) is 25.8. The first-order chi connectivity index (χ1) is 16.2. The summed E-state index contributed by atoms with van der Waals surface area (Å²) in [7, 11) is 0. The van der Waals surface area contributed by atoms with E-state index in [0.29, 0.717) is 18.8 Å². The molecule has 4 saturated carbocycles. The predicted molar refractivity (Wildman–Crippen MR) is 121 cm³/mol. The fourth-order valence-corrected chi connectivity index (χ4v) is 6.57. The van der Waals surface area contributed by atoms with E-state index in [0.717, 1.165) is 29.9 Å². The molecule has 0 radical (unpaired) electrons. The van der Waals surface area contributed by atoms with Crippen molar-refractivity contribution in [3.63, 3.8) is 0 Å². The molecule has 192 valence electrons. The highest BCUT2D eigenvalue weighted by molar-refractivity contribution is 5.96. The largest absolute Gasteiger partial charge is 0.443 e. The van der Waals surface area contributed by atoms with Crippen LogP contribution in [-0.4, -0.2) is 39.7 Å². The summed E-state index contributed by atoms with van der Waals surface area (Å²) in [6.45, 7) is 4.62. The highest BCUT2D eigenvalue weighted by atomic mass is 19.4. The van der Waals surface area contributed by atoms with Crippen molar-refractivity contribution in [3.8, 4) is 0 Å². The number of alkyl halides is 3. The standard InChI is InChI=1S/C24H31F3N4O4/c1-13(32)30-22(2,3)5-7-31-6-4-17(19(31)24(25,26)27)20(33)29-18-15-8-14-9-16(18)12-23(10-14,11-15)35-21(28)34/h4-7,14-16,18H,8-12H2,1-3H3,(H2,28,34)(H,29,33)(H,30,32)/b7-5+/t14?,15?,16?,18-,23-. The lowest BCUT2D eigenvalue weighted by molar-refractivity contribution is -0.142. The molecule has 1 aromatic rings. The summed E-state index contributed by atoms with van der Waals surface area (Å²) in [5.74, 6) is -0.725. The smallest absolute Gasteiger partial charge is 0.432 e. The summed E-state index contributed by atoms with van der Waals surface area (Å²) in [5.41, 5.74) is 2.22. The third kappa shape index (κ3) is 5.18. The van der Waals surface area contributed by atoms with Crippen LogP contribution in [0.1, 0.15) is 68.9 Å². The van der Waals surface area contributed by atoms with Gasteiger partial charge in [0, 0.05) is 25.4 Å². The van der Waals surface area contributed by atoms with Crippen LogP contribution in [0, 0.1) is 17.8 Å². The molecular formula is C24H31F3N4O4. The second kappa shape index (κ2) is 8.60. The van der Waals surface area contributed by atoms with E-state index in [2.05, 4.69) is 10.6 Å². The molecule has 1 heterocycles. The molecule has 8 nitrogen and oxygen atoms in total. The Kier molecular flexibility index (Phi) is 6.17. The Morgan fingerprint density at radius 1 is 1.17 bits per heavy atom. The van der Waals surface area contributed by atoms with Crippen LogP contribution >= 0.6 is 0 Å². The van der Waals surface area contributed by atoms with E-state index in [9.17, 15) is 27.6 Å². The van der Waals surface area contributed by atoms with Crippen LogP contribution in [0.2, 0.25) is 0 Å². The quantitative estimate of drug-likeness (QED) is 0.557. The SMILES string of the molecule is CC(=O)NC(C)(C)/C=C/n1ccc(C(=O)N[C@H]2C3CC4CC2C[C@](OC(N)=O)(C4)C3)c1C(F)(F)F. The molecule has 5 rings (SSSR count). The van der Waals surface area contributed by atoms with Gasteiger partial charge in [-0.2, -0.15) is 13.2 Å². The molecular weight excluding hydrogens is 465 g/mol. The minimum absolute atomic E-state index is 0.0133. The second-order valence-electron chi connectivity index (χ2n) is 10.8. The van der Waals surface area contributed by atoms with Crippen molar-refractivity contribution in [2.75, 3.05) is 0 Å². The van der Waals surface area contributed by atoms with Crippen LogP contribution in [0.4, 0.5) is 18.0 Å². The first-order valence-corrected chi connectivity index (χ1v) is 11.7. The van der Waals surface area contributed by atoms with Crippen molar-refractivity contribution in [1.82, 2.24) is 15.2 Å². The van der Waals surface area contributed by atoms with Gasteiger partial charge in [0.15, 0.2) is 0 Å². The number of carbonyl (C=O) groups is 3. The number of primary amides is 1. The van der Waals surface area contributed by atoms with Gasteiger partial charge in [-0.25, -0.2) is 4.79 Å². The number of halogens is 3. The Balaban J connectivity index is 1.55. The Hall–Kier alpha value is -2.98. The molecule has 0 aliphatic heterocycles. The average Bonchev–Trinajstić information content (AvgIpc) is 3.11. The molecule has 4 bridgehead atoms. The molecule has 4 fully saturated rings. The zero-order valence-electron chi connectivity index (χ0n) is 19.9. The van der Waals surface area contributed by atoms with Gasteiger partial charge >= 0.3 is 12.3 Å². The zero-order valence-corrected chi connectivity index (χ0v) is 19.9. The molecule has 2 unspecified atom stereocenters. The van der Waals surface area contributed by atoms with Gasteiger partial charge in [-0.15, -0.1) is 0 Å². The van der Waals surface area contributed by atoms with Crippen molar-refractivity contribution < 1.29 is 32.3 Å². The van der Waals surface area contributed by atoms with Crippen molar-refractivity contribution in [2.45, 2.75) is 76.2 Å². The lowest BCUT2D eigenvalue weighted by Crippen LogP contribution is -2.63. The van der Waals surface area contributed by atoms with Gasteiger partial charge in [0.25, 0.3) is 5.91 Å². The normalized spacial score (nSPS) is 29.9. The minimum Gasteiger partial charge on any atom is -0.443 e. The third-order valence-electron chi connectivity index (χ3n) is 7.41. The maximum absolute atomic E-state index is 14.0. The van der Waals surface area contributed by atoms with Gasteiger partial charge in [0.2, 0.25) is 5.91 Å². The lowest BCUT2D eigenvalue weighted by atomic mass is 9.52. The van der Waals surface area contributed by atoms with E-state index in [1.54, 1.807) is 13.8 Å². The van der Waals surface area contributed by atoms with Crippen LogP contribution < -0.4 is 16.4 Å². The van der Waals surface area contributed by atoms with E-state index in [1.807, 2.05) is 0 Å². The maximum Gasteiger partial charge on any atom is 0.432 e. The lowest BCUT2D eigenvalue weighted by Gasteiger charge is -2.58. The molecule has 4 aliphatic carbocycles. The van der Waals surface area contributed by atoms with Gasteiger partial charge in [-0.1, -0.05) is 0 Å². The van der Waals surface area contributed by atoms with Crippen LogP contribution in [0.15, 0.2) is 18.3 Å². The summed E-state index contributed by atoms with van der Waals surface area (Å²) in [6, 6.07) is 0.865. The summed E-state index contributed by atoms with van der Waals surface area (Å²) < 4.78 is 48.3. The topological polar surface area (TPSA) is 115 Å². The van der Waals surface area contributed by atoms with E-state index in [1.165, 1.54) is 25.4 Å².